The van der Waals surface area contributed by atoms with Crippen molar-refractivity contribution < 1.29 is 37.0 Å². The molecule has 10 nitrogen and oxygen atoms in total. The predicted molar refractivity (Wildman–Crippen MR) is 165 cm³/mol. The van der Waals surface area contributed by atoms with Crippen LogP contribution in [0.25, 0.3) is 21.8 Å². The Morgan fingerprint density at radius 1 is 0.800 bits per heavy atom. The lowest BCUT2D eigenvalue weighted by Gasteiger charge is -2.24. The van der Waals surface area contributed by atoms with E-state index < -0.39 is 33.7 Å². The Balaban J connectivity index is 1.44. The summed E-state index contributed by atoms with van der Waals surface area (Å²) in [6.07, 6.45) is -0.338. The number of anilines is 1. The van der Waals surface area contributed by atoms with Crippen LogP contribution in [0, 0.1) is 6.92 Å². The number of nitrogens with zero attached hydrogens (tertiary/aromatic N) is 3. The van der Waals surface area contributed by atoms with E-state index in [9.17, 15) is 27.6 Å². The van der Waals surface area contributed by atoms with Crippen molar-refractivity contribution in [1.82, 2.24) is 5.06 Å². The van der Waals surface area contributed by atoms with E-state index in [1.165, 1.54) is 36.4 Å². The average molecular weight is 623 g/mol. The standard InChI is InChI=1S/C34H28N3O7S/c1-22-11-17-25(18-12-22)45(42,43)37(24-15-13-23(14-16-24)21-32(40)44-36-30(38)19-20-31(36)39)34(41)33-26-7-3-5-9-28(26)35(2)29-10-6-4-8-27(29)33/h3-18H,19-21H2,1-2H3/q+1. The molecule has 4 aromatic carbocycles. The van der Waals surface area contributed by atoms with E-state index in [0.717, 1.165) is 20.9 Å². The van der Waals surface area contributed by atoms with Gasteiger partial charge < -0.3 is 4.84 Å². The Bertz CT molecular complexity index is 2050. The second kappa shape index (κ2) is 11.6. The van der Waals surface area contributed by atoms with Crippen LogP contribution in [0.3, 0.4) is 0 Å². The Kier molecular flexibility index (Phi) is 7.63. The number of carbonyl (C=O) groups is 4. The Labute approximate surface area is 259 Å². The van der Waals surface area contributed by atoms with E-state index in [1.807, 2.05) is 42.8 Å². The van der Waals surface area contributed by atoms with Crippen LogP contribution in [0.1, 0.15) is 34.3 Å². The quantitative estimate of drug-likeness (QED) is 0.151. The molecule has 0 N–H and O–H groups in total. The summed E-state index contributed by atoms with van der Waals surface area (Å²) in [7, 11) is -2.54. The fourth-order valence-electron chi connectivity index (χ4n) is 5.45. The van der Waals surface area contributed by atoms with Crippen LogP contribution in [-0.2, 0) is 42.7 Å². The maximum absolute atomic E-state index is 14.7. The molecular weight excluding hydrogens is 594 g/mol. The molecule has 0 bridgehead atoms. The third-order valence-electron chi connectivity index (χ3n) is 7.75. The molecule has 3 amide bonds. The van der Waals surface area contributed by atoms with Gasteiger partial charge in [-0.05, 0) is 48.9 Å². The molecule has 0 saturated carbocycles. The van der Waals surface area contributed by atoms with Crippen molar-refractivity contribution in [2.24, 2.45) is 7.05 Å². The molecule has 0 spiro atoms. The van der Waals surface area contributed by atoms with Gasteiger partial charge in [0.25, 0.3) is 27.7 Å². The van der Waals surface area contributed by atoms with Crippen molar-refractivity contribution in [3.8, 4) is 0 Å². The van der Waals surface area contributed by atoms with E-state index in [2.05, 4.69) is 0 Å². The number of aryl methyl sites for hydroxylation is 2. The van der Waals surface area contributed by atoms with Gasteiger partial charge >= 0.3 is 5.97 Å². The maximum atomic E-state index is 14.7. The summed E-state index contributed by atoms with van der Waals surface area (Å²) in [5.41, 5.74) is 3.05. The smallest absolute Gasteiger partial charge is 0.330 e. The molecule has 5 aromatic rings. The topological polar surface area (TPSA) is 122 Å². The number of imide groups is 1. The lowest BCUT2D eigenvalue weighted by Crippen LogP contribution is -2.39. The molecule has 0 atom stereocenters. The Morgan fingerprint density at radius 2 is 1.33 bits per heavy atom. The van der Waals surface area contributed by atoms with Crippen LogP contribution in [0.4, 0.5) is 5.69 Å². The van der Waals surface area contributed by atoms with Crippen LogP contribution in [-0.4, -0.2) is 37.2 Å². The van der Waals surface area contributed by atoms with Gasteiger partial charge in [-0.15, -0.1) is 5.06 Å². The number of hydrogen-bond donors (Lipinski definition) is 0. The minimum atomic E-state index is -4.43. The molecule has 0 radical (unpaired) electrons. The highest BCUT2D eigenvalue weighted by Gasteiger charge is 2.36. The van der Waals surface area contributed by atoms with Crippen LogP contribution in [0.15, 0.2) is 102 Å². The molecule has 45 heavy (non-hydrogen) atoms. The SMILES string of the molecule is Cc1ccc(S(=O)(=O)N(C(=O)c2c3ccccc3[n+](C)c3ccccc23)c2ccc(CC(=O)ON3C(=O)CCC3=O)cc2)cc1. The van der Waals surface area contributed by atoms with Crippen molar-refractivity contribution in [1.29, 1.82) is 0 Å². The fourth-order valence-corrected chi connectivity index (χ4v) is 6.85. The average Bonchev–Trinajstić information content (AvgIpc) is 3.34. The van der Waals surface area contributed by atoms with Crippen molar-refractivity contribution in [2.75, 3.05) is 4.31 Å². The third-order valence-corrected chi connectivity index (χ3v) is 9.47. The van der Waals surface area contributed by atoms with Crippen molar-refractivity contribution in [3.63, 3.8) is 0 Å². The van der Waals surface area contributed by atoms with Crippen molar-refractivity contribution in [3.05, 3.63) is 114 Å². The van der Waals surface area contributed by atoms with Gasteiger partial charge in [0.1, 0.15) is 7.05 Å². The summed E-state index contributed by atoms with van der Waals surface area (Å²) in [5, 5.41) is 1.64. The molecule has 226 valence electrons. The molecule has 0 aliphatic carbocycles. The van der Waals surface area contributed by atoms with Gasteiger partial charge in [0.2, 0.25) is 11.0 Å². The number of pyridine rings is 1. The molecule has 1 aliphatic rings. The van der Waals surface area contributed by atoms with Crippen LogP contribution < -0.4 is 8.87 Å². The van der Waals surface area contributed by atoms with Gasteiger partial charge in [-0.25, -0.2) is 13.2 Å². The first-order chi connectivity index (χ1) is 21.6. The summed E-state index contributed by atoms with van der Waals surface area (Å²) < 4.78 is 31.3. The number of hydroxylamine groups is 2. The molecule has 11 heteroatoms. The number of aromatic nitrogens is 1. The number of hydrogen-bond acceptors (Lipinski definition) is 7. The number of sulfonamides is 1. The van der Waals surface area contributed by atoms with Gasteiger partial charge in [-0.2, -0.15) is 8.87 Å². The zero-order chi connectivity index (χ0) is 31.9. The highest BCUT2D eigenvalue weighted by Crippen LogP contribution is 2.32. The highest BCUT2D eigenvalue weighted by molar-refractivity contribution is 7.93. The largest absolute Gasteiger partial charge is 0.337 e. The van der Waals surface area contributed by atoms with E-state index in [-0.39, 0.29) is 35.4 Å². The van der Waals surface area contributed by atoms with E-state index in [1.54, 1.807) is 36.4 Å². The molecular formula is C34H28N3O7S+. The molecule has 1 saturated heterocycles. The summed E-state index contributed by atoms with van der Waals surface area (Å²) in [5.74, 6) is -2.76. The van der Waals surface area contributed by atoms with E-state index in [0.29, 0.717) is 21.4 Å². The molecule has 1 aliphatic heterocycles. The van der Waals surface area contributed by atoms with Crippen LogP contribution in [0.5, 0.6) is 0 Å². The van der Waals surface area contributed by atoms with Gasteiger partial charge in [-0.3, -0.25) is 14.4 Å². The fraction of sp³-hybridized carbons (Fsp3) is 0.147. The van der Waals surface area contributed by atoms with Crippen molar-refractivity contribution in [2.45, 2.75) is 31.1 Å². The number of para-hydroxylation sites is 2. The minimum Gasteiger partial charge on any atom is -0.330 e. The first-order valence-electron chi connectivity index (χ1n) is 14.2. The molecule has 1 fully saturated rings. The highest BCUT2D eigenvalue weighted by atomic mass is 32.2. The minimum absolute atomic E-state index is 0.0234. The summed E-state index contributed by atoms with van der Waals surface area (Å²) in [4.78, 5) is 55.7. The van der Waals surface area contributed by atoms with Gasteiger partial charge in [-0.1, -0.05) is 54.1 Å². The number of amides is 3. The summed E-state index contributed by atoms with van der Waals surface area (Å²) in [6, 6.07) is 26.7. The number of carbonyl (C=O) groups excluding carboxylic acids is 4. The Morgan fingerprint density at radius 3 is 1.89 bits per heavy atom. The zero-order valence-electron chi connectivity index (χ0n) is 24.5. The lowest BCUT2D eigenvalue weighted by molar-refractivity contribution is -0.617. The van der Waals surface area contributed by atoms with E-state index >= 15 is 0 Å². The van der Waals surface area contributed by atoms with Crippen LogP contribution in [0.2, 0.25) is 0 Å². The summed E-state index contributed by atoms with van der Waals surface area (Å²) >= 11 is 0. The van der Waals surface area contributed by atoms with Crippen molar-refractivity contribution >= 4 is 61.2 Å². The van der Waals surface area contributed by atoms with Gasteiger partial charge in [0, 0.05) is 25.0 Å². The number of benzene rings is 4. The summed E-state index contributed by atoms with van der Waals surface area (Å²) in [6.45, 7) is 1.83. The van der Waals surface area contributed by atoms with Gasteiger partial charge in [0.15, 0.2) is 0 Å². The molecule has 2 heterocycles. The zero-order valence-corrected chi connectivity index (χ0v) is 25.3. The lowest BCUT2D eigenvalue weighted by atomic mass is 10.0. The normalized spacial score (nSPS) is 13.4. The number of fused-ring (bicyclic) bond motifs is 2. The monoisotopic (exact) mass is 622 g/mol. The maximum Gasteiger partial charge on any atom is 0.337 e. The van der Waals surface area contributed by atoms with Gasteiger partial charge in [0.05, 0.1) is 33.3 Å². The first kappa shape index (κ1) is 29.6. The predicted octanol–water partition coefficient (Wildman–Crippen LogP) is 4.31. The molecule has 6 rings (SSSR count). The second-order valence-corrected chi connectivity index (χ2v) is 12.5. The molecule has 1 aromatic heterocycles. The number of rotatable bonds is 7. The Hall–Kier alpha value is -5.42. The van der Waals surface area contributed by atoms with E-state index in [4.69, 9.17) is 4.84 Å². The third kappa shape index (κ3) is 5.42. The molecule has 0 unspecified atom stereocenters. The van der Waals surface area contributed by atoms with Crippen LogP contribution >= 0.6 is 0 Å². The second-order valence-electron chi connectivity index (χ2n) is 10.7. The first-order valence-corrected chi connectivity index (χ1v) is 15.6.